The van der Waals surface area contributed by atoms with Crippen LogP contribution < -0.4 is 0 Å². The van der Waals surface area contributed by atoms with Crippen LogP contribution in [0.4, 0.5) is 0 Å². The molecule has 0 unspecified atom stereocenters. The summed E-state index contributed by atoms with van der Waals surface area (Å²) < 4.78 is 36.1. The number of fused-ring (bicyclic) bond motifs is 7. The van der Waals surface area contributed by atoms with Gasteiger partial charge in [-0.15, -0.1) is 0 Å². The minimum atomic E-state index is -2.10. The Hall–Kier alpha value is -1.96. The van der Waals surface area contributed by atoms with Gasteiger partial charge in [-0.25, -0.2) is 4.79 Å². The molecular weight excluding hydrogens is 897 g/mol. The van der Waals surface area contributed by atoms with Crippen molar-refractivity contribution in [2.75, 3.05) is 13.2 Å². The van der Waals surface area contributed by atoms with Gasteiger partial charge in [0.2, 0.25) is 0 Å². The van der Waals surface area contributed by atoms with E-state index >= 15 is 0 Å². The van der Waals surface area contributed by atoms with Gasteiger partial charge in [0.15, 0.2) is 25.0 Å². The van der Waals surface area contributed by atoms with E-state index in [4.69, 9.17) is 28.4 Å². The van der Waals surface area contributed by atoms with Crippen LogP contribution in [0.25, 0.3) is 0 Å². The van der Waals surface area contributed by atoms with E-state index in [0.29, 0.717) is 32.1 Å². The normalized spacial score (nSPS) is 56.0. The molecule has 4 saturated carbocycles. The van der Waals surface area contributed by atoms with Crippen molar-refractivity contribution in [3.63, 3.8) is 0 Å². The topological polar surface area (TPSA) is 332 Å². The molecule has 0 aromatic heterocycles. The van der Waals surface area contributed by atoms with Crippen molar-refractivity contribution >= 4 is 11.9 Å². The predicted octanol–water partition coefficient (Wildman–Crippen LogP) is -0.231. The highest BCUT2D eigenvalue weighted by molar-refractivity contribution is 5.74. The Bertz CT molecular complexity index is 1920. The van der Waals surface area contributed by atoms with Gasteiger partial charge < -0.3 is 89.7 Å². The number of carboxylic acids is 2. The summed E-state index contributed by atoms with van der Waals surface area (Å²) in [6, 6.07) is 0. The summed E-state index contributed by atoms with van der Waals surface area (Å²) in [7, 11) is 0. The molecule has 3 saturated heterocycles. The molecule has 20 heteroatoms. The van der Waals surface area contributed by atoms with Gasteiger partial charge in [0.25, 0.3) is 0 Å². The second-order valence-electron chi connectivity index (χ2n) is 23.3. The number of aliphatic carboxylic acids is 2. The fourth-order valence-corrected chi connectivity index (χ4v) is 15.1. The first-order valence-corrected chi connectivity index (χ1v) is 24.4. The maximum Gasteiger partial charge on any atom is 0.335 e. The van der Waals surface area contributed by atoms with Crippen LogP contribution in [0, 0.1) is 50.2 Å². The smallest absolute Gasteiger partial charge is 0.335 e. The Balaban J connectivity index is 1.08. The summed E-state index contributed by atoms with van der Waals surface area (Å²) in [6.45, 7) is 12.9. The minimum Gasteiger partial charge on any atom is -0.481 e. The number of allylic oxidation sites excluding steroid dienone is 2. The first-order valence-electron chi connectivity index (χ1n) is 24.4. The van der Waals surface area contributed by atoms with Crippen molar-refractivity contribution in [3.05, 3.63) is 11.6 Å². The lowest BCUT2D eigenvalue weighted by atomic mass is 9.33. The summed E-state index contributed by atoms with van der Waals surface area (Å²) in [6.07, 6.45) is -20.6. The van der Waals surface area contributed by atoms with Crippen LogP contribution in [-0.2, 0) is 38.0 Å². The summed E-state index contributed by atoms with van der Waals surface area (Å²) in [4.78, 5) is 25.1. The van der Waals surface area contributed by atoms with Crippen LogP contribution in [0.2, 0.25) is 0 Å². The third-order valence-electron chi connectivity index (χ3n) is 19.8. The Labute approximate surface area is 396 Å². The second kappa shape index (κ2) is 18.2. The number of hydrogen-bond donors (Lipinski definition) is 12. The lowest BCUT2D eigenvalue weighted by Crippen LogP contribution is -2.68. The van der Waals surface area contributed by atoms with Gasteiger partial charge in [-0.1, -0.05) is 46.3 Å². The SMILES string of the molecule is C[C@@H]1O[C@@H](O[C@H]2[C@H](O[C@H]3[C@H](O[C@H]4CC[C@@]5(C)[C@@H](CC[C@]6(C)[C@@H]5CC=C5[C@@H]7C[C@](C)(C(=O)O)C[C@@H](O)[C@]7(C)CC[C@]56C)[C@@]4(C)CO)O[C@H](C(=O)O)[C@@H](O)[C@@H]3O)O[C@H](CO)[C@@H](O)[C@@H]2O)[C@H](O)[C@H](O)[C@H]1O. The Morgan fingerprint density at radius 3 is 1.91 bits per heavy atom. The molecule has 12 N–H and O–H groups in total. The van der Waals surface area contributed by atoms with Crippen molar-refractivity contribution in [2.45, 2.75) is 211 Å². The quantitative estimate of drug-likeness (QED) is 0.0994. The molecule has 3 heterocycles. The number of rotatable bonds is 10. The van der Waals surface area contributed by atoms with Gasteiger partial charge >= 0.3 is 11.9 Å². The fraction of sp³-hybridized carbons (Fsp3) is 0.917. The zero-order chi connectivity index (χ0) is 50.0. The molecule has 8 rings (SSSR count). The number of ether oxygens (including phenoxy) is 6. The molecule has 5 aliphatic carbocycles. The molecule has 0 aromatic rings. The molecule has 7 fully saturated rings. The summed E-state index contributed by atoms with van der Waals surface area (Å²) in [5, 5.41) is 130. The fourth-order valence-electron chi connectivity index (χ4n) is 15.1. The number of carboxylic acid groups (broad SMARTS) is 2. The van der Waals surface area contributed by atoms with Gasteiger partial charge in [0.1, 0.15) is 61.0 Å². The van der Waals surface area contributed by atoms with E-state index in [0.717, 1.165) is 19.3 Å². The van der Waals surface area contributed by atoms with E-state index in [-0.39, 0.29) is 47.0 Å². The first-order chi connectivity index (χ1) is 31.7. The zero-order valence-corrected chi connectivity index (χ0v) is 40.0. The highest BCUT2D eigenvalue weighted by Gasteiger charge is 2.70. The summed E-state index contributed by atoms with van der Waals surface area (Å²) in [5.74, 6) is -2.68. The van der Waals surface area contributed by atoms with E-state index in [1.54, 1.807) is 6.92 Å². The molecule has 3 aliphatic heterocycles. The van der Waals surface area contributed by atoms with Crippen LogP contribution in [-0.4, -0.2) is 191 Å². The lowest BCUT2D eigenvalue weighted by molar-refractivity contribution is -0.396. The van der Waals surface area contributed by atoms with Crippen molar-refractivity contribution in [2.24, 2.45) is 50.2 Å². The standard InChI is InChI=1S/C48H76O20/c1-20-28(52)30(54)34(58)39(63-20)67-36-31(55)29(53)23(18-49)64-40(36)68-37-33(57)32(56)35(38(59)60)66-41(37)65-27-11-12-45(4)24(46(27,5)19-50)10-13-48(7)25(45)9-8-21-22-16-43(2,42(61)62)17-26(51)44(22,3)14-15-47(21,48)6/h8,20,22-37,39-41,49-58H,9-19H2,1-7H3,(H,59,60)(H,61,62)/t20-,22-,23+,24+,25+,26+,27-,28-,29+,30+,31-,32-,33-,34+,35-,36+,37+,39-,40-,41+,43-,44+,45-,46+,47+,48+/m0/s1. The van der Waals surface area contributed by atoms with Crippen molar-refractivity contribution < 1.29 is 99.3 Å². The average Bonchev–Trinajstić information content (AvgIpc) is 3.28. The van der Waals surface area contributed by atoms with E-state index < -0.39 is 139 Å². The van der Waals surface area contributed by atoms with E-state index in [1.165, 1.54) is 12.5 Å². The van der Waals surface area contributed by atoms with Crippen molar-refractivity contribution in [1.82, 2.24) is 0 Å². The monoisotopic (exact) mass is 972 g/mol. The molecule has 8 aliphatic rings. The molecule has 0 aromatic carbocycles. The van der Waals surface area contributed by atoms with E-state index in [1.807, 2.05) is 6.92 Å². The van der Waals surface area contributed by atoms with Crippen LogP contribution in [0.1, 0.15) is 106 Å². The molecule has 68 heavy (non-hydrogen) atoms. The summed E-state index contributed by atoms with van der Waals surface area (Å²) in [5.41, 5.74) is -2.20. The molecule has 26 atom stereocenters. The highest BCUT2D eigenvalue weighted by atomic mass is 16.8. The zero-order valence-electron chi connectivity index (χ0n) is 40.0. The number of aliphatic hydroxyl groups excluding tert-OH is 10. The molecule has 0 spiro atoms. The highest BCUT2D eigenvalue weighted by Crippen LogP contribution is 2.76. The Kier molecular flexibility index (Phi) is 14.0. The second-order valence-corrected chi connectivity index (χ2v) is 23.3. The number of hydrogen-bond acceptors (Lipinski definition) is 18. The van der Waals surface area contributed by atoms with Gasteiger partial charge in [-0.3, -0.25) is 4.79 Å². The number of aliphatic hydroxyl groups is 10. The largest absolute Gasteiger partial charge is 0.481 e. The van der Waals surface area contributed by atoms with E-state index in [2.05, 4.69) is 33.8 Å². The predicted molar refractivity (Wildman–Crippen MR) is 233 cm³/mol. The molecule has 0 radical (unpaired) electrons. The molecule has 388 valence electrons. The van der Waals surface area contributed by atoms with Crippen molar-refractivity contribution in [1.29, 1.82) is 0 Å². The number of carbonyl (C=O) groups is 2. The molecule has 0 bridgehead atoms. The summed E-state index contributed by atoms with van der Waals surface area (Å²) >= 11 is 0. The van der Waals surface area contributed by atoms with Crippen LogP contribution in [0.3, 0.4) is 0 Å². The lowest BCUT2D eigenvalue weighted by Gasteiger charge is -2.71. The Morgan fingerprint density at radius 2 is 1.29 bits per heavy atom. The minimum absolute atomic E-state index is 0.114. The van der Waals surface area contributed by atoms with Gasteiger partial charge in [-0.2, -0.15) is 0 Å². The molecule has 0 amide bonds. The van der Waals surface area contributed by atoms with E-state index in [9.17, 15) is 70.9 Å². The molecule has 20 nitrogen and oxygen atoms in total. The Morgan fingerprint density at radius 1 is 0.662 bits per heavy atom. The maximum atomic E-state index is 12.6. The average molecular weight is 973 g/mol. The van der Waals surface area contributed by atoms with Crippen LogP contribution in [0.15, 0.2) is 11.6 Å². The van der Waals surface area contributed by atoms with Crippen LogP contribution >= 0.6 is 0 Å². The van der Waals surface area contributed by atoms with Crippen LogP contribution in [0.5, 0.6) is 0 Å². The van der Waals surface area contributed by atoms with Gasteiger partial charge in [0.05, 0.1) is 36.9 Å². The van der Waals surface area contributed by atoms with Crippen molar-refractivity contribution in [3.8, 4) is 0 Å². The molecular formula is C48H76O20. The third-order valence-corrected chi connectivity index (χ3v) is 19.8. The van der Waals surface area contributed by atoms with Gasteiger partial charge in [-0.05, 0) is 106 Å². The first kappa shape index (κ1) is 52.4. The maximum absolute atomic E-state index is 12.6. The third kappa shape index (κ3) is 7.85. The van der Waals surface area contributed by atoms with Gasteiger partial charge in [0, 0.05) is 10.8 Å².